The second-order valence-corrected chi connectivity index (χ2v) is 5.05. The largest absolute Gasteiger partial charge is 0.363 e. The summed E-state index contributed by atoms with van der Waals surface area (Å²) in [5, 5.41) is 4.06. The molecule has 88 valence electrons. The zero-order chi connectivity index (χ0) is 11.5. The van der Waals surface area contributed by atoms with E-state index in [0.717, 1.165) is 18.2 Å². The van der Waals surface area contributed by atoms with E-state index in [1.807, 2.05) is 0 Å². The quantitative estimate of drug-likeness (QED) is 0.732. The van der Waals surface area contributed by atoms with Crippen LogP contribution in [-0.4, -0.2) is 54.7 Å². The van der Waals surface area contributed by atoms with Gasteiger partial charge in [-0.05, 0) is 52.5 Å². The molecule has 1 N–H and O–H groups in total. The molecule has 1 saturated carbocycles. The number of nitrogens with zero attached hydrogens (tertiary/aromatic N) is 2. The summed E-state index contributed by atoms with van der Waals surface area (Å²) in [6.07, 6.45) is 3.93. The molecule has 1 aliphatic rings. The minimum atomic E-state index is 0.355. The van der Waals surface area contributed by atoms with Gasteiger partial charge < -0.3 is 15.1 Å². The number of hydrogen-bond donors (Lipinski definition) is 1. The summed E-state index contributed by atoms with van der Waals surface area (Å²) < 4.78 is 0. The predicted octanol–water partition coefficient (Wildman–Crippen LogP) is 1.30. The normalized spacial score (nSPS) is 18.5. The smallest absolute Gasteiger partial charge is 0.168 e. The van der Waals surface area contributed by atoms with Gasteiger partial charge in [-0.2, -0.15) is 0 Å². The third-order valence-electron chi connectivity index (χ3n) is 3.44. The molecule has 1 aliphatic carbocycles. The van der Waals surface area contributed by atoms with E-state index in [2.05, 4.69) is 43.2 Å². The molecule has 15 heavy (non-hydrogen) atoms. The van der Waals surface area contributed by atoms with Gasteiger partial charge in [0.2, 0.25) is 0 Å². The minimum absolute atomic E-state index is 0.355. The van der Waals surface area contributed by atoms with E-state index in [1.54, 1.807) is 0 Å². The Bertz CT molecular complexity index is 224. The Balaban J connectivity index is 2.48. The number of rotatable bonds is 4. The average molecular weight is 229 g/mol. The van der Waals surface area contributed by atoms with Gasteiger partial charge in [-0.15, -0.1) is 0 Å². The highest BCUT2D eigenvalue weighted by atomic mass is 32.1. The van der Waals surface area contributed by atoms with Crippen LogP contribution in [0.4, 0.5) is 0 Å². The van der Waals surface area contributed by atoms with E-state index in [0.29, 0.717) is 5.54 Å². The van der Waals surface area contributed by atoms with Crippen LogP contribution in [-0.2, 0) is 0 Å². The van der Waals surface area contributed by atoms with Gasteiger partial charge in [0.05, 0.1) is 0 Å². The topological polar surface area (TPSA) is 18.5 Å². The fraction of sp³-hybridized carbons (Fsp3) is 0.909. The molecule has 4 heteroatoms. The molecular formula is C11H23N3S. The fourth-order valence-corrected chi connectivity index (χ4v) is 2.34. The molecule has 0 amide bonds. The second kappa shape index (κ2) is 5.12. The third kappa shape index (κ3) is 2.82. The first-order valence-electron chi connectivity index (χ1n) is 5.68. The Labute approximate surface area is 98.8 Å². The Morgan fingerprint density at radius 2 is 1.93 bits per heavy atom. The van der Waals surface area contributed by atoms with E-state index in [-0.39, 0.29) is 0 Å². The monoisotopic (exact) mass is 229 g/mol. The van der Waals surface area contributed by atoms with Crippen LogP contribution in [0.25, 0.3) is 0 Å². The molecule has 0 aromatic carbocycles. The maximum atomic E-state index is 5.30. The molecule has 0 aliphatic heterocycles. The van der Waals surface area contributed by atoms with Crippen molar-refractivity contribution < 1.29 is 0 Å². The minimum Gasteiger partial charge on any atom is -0.363 e. The highest BCUT2D eigenvalue weighted by Crippen LogP contribution is 2.36. The maximum Gasteiger partial charge on any atom is 0.168 e. The van der Waals surface area contributed by atoms with Gasteiger partial charge in [-0.1, -0.05) is 0 Å². The molecule has 0 spiro atoms. The predicted molar refractivity (Wildman–Crippen MR) is 69.2 cm³/mol. The highest BCUT2D eigenvalue weighted by Gasteiger charge is 2.40. The SMILES string of the molecule is CCNC(=S)N(C)CC1(N(C)C)CCC1. The van der Waals surface area contributed by atoms with Crippen LogP contribution < -0.4 is 5.32 Å². The molecule has 1 rings (SSSR count). The van der Waals surface area contributed by atoms with Crippen molar-refractivity contribution in [1.82, 2.24) is 15.1 Å². The van der Waals surface area contributed by atoms with Crippen LogP contribution >= 0.6 is 12.2 Å². The first kappa shape index (κ1) is 12.7. The van der Waals surface area contributed by atoms with E-state index in [4.69, 9.17) is 12.2 Å². The van der Waals surface area contributed by atoms with E-state index in [1.165, 1.54) is 19.3 Å². The van der Waals surface area contributed by atoms with Gasteiger partial charge in [0.15, 0.2) is 5.11 Å². The third-order valence-corrected chi connectivity index (χ3v) is 3.90. The van der Waals surface area contributed by atoms with Gasteiger partial charge in [0.1, 0.15) is 0 Å². The maximum absolute atomic E-state index is 5.30. The van der Waals surface area contributed by atoms with Crippen LogP contribution in [0.15, 0.2) is 0 Å². The average Bonchev–Trinajstić information content (AvgIpc) is 2.10. The van der Waals surface area contributed by atoms with Gasteiger partial charge in [-0.25, -0.2) is 0 Å². The van der Waals surface area contributed by atoms with E-state index >= 15 is 0 Å². The molecule has 0 saturated heterocycles. The fourth-order valence-electron chi connectivity index (χ4n) is 2.13. The lowest BCUT2D eigenvalue weighted by Gasteiger charge is -2.49. The molecule has 0 radical (unpaired) electrons. The summed E-state index contributed by atoms with van der Waals surface area (Å²) in [5.41, 5.74) is 0.355. The molecule has 0 aromatic heterocycles. The van der Waals surface area contributed by atoms with Crippen molar-refractivity contribution in [2.75, 3.05) is 34.2 Å². The van der Waals surface area contributed by atoms with Crippen molar-refractivity contribution in [1.29, 1.82) is 0 Å². The number of thiocarbonyl (C=S) groups is 1. The summed E-state index contributed by atoms with van der Waals surface area (Å²) in [6, 6.07) is 0. The first-order chi connectivity index (χ1) is 7.02. The Morgan fingerprint density at radius 1 is 1.33 bits per heavy atom. The number of likely N-dealkylation sites (N-methyl/N-ethyl adjacent to an activating group) is 2. The summed E-state index contributed by atoms with van der Waals surface area (Å²) >= 11 is 5.30. The molecule has 0 atom stereocenters. The zero-order valence-electron chi connectivity index (χ0n) is 10.3. The molecule has 1 fully saturated rings. The Hall–Kier alpha value is -0.350. The van der Waals surface area contributed by atoms with Gasteiger partial charge in [0, 0.05) is 25.7 Å². The number of nitrogens with one attached hydrogen (secondary N) is 1. The molecule has 0 bridgehead atoms. The molecule has 0 heterocycles. The van der Waals surface area contributed by atoms with Crippen molar-refractivity contribution in [2.45, 2.75) is 31.7 Å². The lowest BCUT2D eigenvalue weighted by Crippen LogP contribution is -2.58. The van der Waals surface area contributed by atoms with Crippen molar-refractivity contribution in [2.24, 2.45) is 0 Å². The second-order valence-electron chi connectivity index (χ2n) is 4.66. The Kier molecular flexibility index (Phi) is 4.34. The van der Waals surface area contributed by atoms with Gasteiger partial charge >= 0.3 is 0 Å². The standard InChI is InChI=1S/C11H23N3S/c1-5-12-10(15)14(4)9-11(13(2)3)7-6-8-11/h5-9H2,1-4H3,(H,12,15). The molecular weight excluding hydrogens is 206 g/mol. The van der Waals surface area contributed by atoms with E-state index < -0.39 is 0 Å². The van der Waals surface area contributed by atoms with Crippen molar-refractivity contribution in [3.05, 3.63) is 0 Å². The zero-order valence-corrected chi connectivity index (χ0v) is 11.2. The molecule has 0 aromatic rings. The lowest BCUT2D eigenvalue weighted by atomic mass is 9.75. The van der Waals surface area contributed by atoms with Crippen molar-refractivity contribution >= 4 is 17.3 Å². The van der Waals surface area contributed by atoms with Gasteiger partial charge in [-0.3, -0.25) is 0 Å². The van der Waals surface area contributed by atoms with Crippen LogP contribution in [0.1, 0.15) is 26.2 Å². The van der Waals surface area contributed by atoms with Crippen molar-refractivity contribution in [3.63, 3.8) is 0 Å². The lowest BCUT2D eigenvalue weighted by molar-refractivity contribution is 0.0429. The summed E-state index contributed by atoms with van der Waals surface area (Å²) in [7, 11) is 6.42. The highest BCUT2D eigenvalue weighted by molar-refractivity contribution is 7.80. The van der Waals surface area contributed by atoms with Crippen molar-refractivity contribution in [3.8, 4) is 0 Å². The molecule has 3 nitrogen and oxygen atoms in total. The van der Waals surface area contributed by atoms with E-state index in [9.17, 15) is 0 Å². The van der Waals surface area contributed by atoms with Crippen LogP contribution in [0.2, 0.25) is 0 Å². The molecule has 0 unspecified atom stereocenters. The first-order valence-corrected chi connectivity index (χ1v) is 6.09. The van der Waals surface area contributed by atoms with Gasteiger partial charge in [0.25, 0.3) is 0 Å². The summed E-state index contributed by atoms with van der Waals surface area (Å²) in [4.78, 5) is 4.51. The Morgan fingerprint density at radius 3 is 2.27 bits per heavy atom. The summed E-state index contributed by atoms with van der Waals surface area (Å²) in [5.74, 6) is 0. The van der Waals surface area contributed by atoms with Crippen LogP contribution in [0, 0.1) is 0 Å². The van der Waals surface area contributed by atoms with Crippen LogP contribution in [0.3, 0.4) is 0 Å². The number of hydrogen-bond acceptors (Lipinski definition) is 2. The van der Waals surface area contributed by atoms with Crippen LogP contribution in [0.5, 0.6) is 0 Å². The summed E-state index contributed by atoms with van der Waals surface area (Å²) in [6.45, 7) is 4.01.